The molecule has 7 heteroatoms. The SMILES string of the molecule is CC(=O)N(C)C1CCN(C(=O)c2ccc3n[nH]nc3c2)CC1. The summed E-state index contributed by atoms with van der Waals surface area (Å²) >= 11 is 0. The van der Waals surface area contributed by atoms with Gasteiger partial charge in [-0.25, -0.2) is 0 Å². The molecule has 1 aromatic carbocycles. The zero-order chi connectivity index (χ0) is 15.7. The highest BCUT2D eigenvalue weighted by Crippen LogP contribution is 2.19. The molecule has 116 valence electrons. The van der Waals surface area contributed by atoms with E-state index in [1.54, 1.807) is 30.0 Å². The lowest BCUT2D eigenvalue weighted by atomic mass is 10.0. The van der Waals surface area contributed by atoms with Crippen LogP contribution in [0.25, 0.3) is 11.0 Å². The largest absolute Gasteiger partial charge is 0.343 e. The molecule has 1 aliphatic rings. The van der Waals surface area contributed by atoms with E-state index in [9.17, 15) is 9.59 Å². The molecule has 0 bridgehead atoms. The Hall–Kier alpha value is -2.44. The van der Waals surface area contributed by atoms with Gasteiger partial charge in [-0.3, -0.25) is 9.59 Å². The Morgan fingerprint density at radius 1 is 1.23 bits per heavy atom. The van der Waals surface area contributed by atoms with Crippen LogP contribution in [0.5, 0.6) is 0 Å². The van der Waals surface area contributed by atoms with Crippen molar-refractivity contribution in [3.63, 3.8) is 0 Å². The quantitative estimate of drug-likeness (QED) is 0.898. The first-order valence-electron chi connectivity index (χ1n) is 7.39. The second-order valence-electron chi connectivity index (χ2n) is 5.68. The summed E-state index contributed by atoms with van der Waals surface area (Å²) in [5.41, 5.74) is 2.06. The molecule has 22 heavy (non-hydrogen) atoms. The van der Waals surface area contributed by atoms with E-state index < -0.39 is 0 Å². The number of nitrogens with zero attached hydrogens (tertiary/aromatic N) is 4. The fraction of sp³-hybridized carbons (Fsp3) is 0.467. The van der Waals surface area contributed by atoms with E-state index in [-0.39, 0.29) is 17.9 Å². The van der Waals surface area contributed by atoms with Crippen LogP contribution in [0.3, 0.4) is 0 Å². The molecule has 0 unspecified atom stereocenters. The highest BCUT2D eigenvalue weighted by Gasteiger charge is 2.27. The predicted molar refractivity (Wildman–Crippen MR) is 81.3 cm³/mol. The molecule has 1 N–H and O–H groups in total. The molecule has 0 aliphatic carbocycles. The summed E-state index contributed by atoms with van der Waals surface area (Å²) in [6, 6.07) is 5.55. The number of amides is 2. The van der Waals surface area contributed by atoms with Gasteiger partial charge in [-0.2, -0.15) is 15.4 Å². The molecule has 1 fully saturated rings. The first kappa shape index (κ1) is 14.5. The van der Waals surface area contributed by atoms with Gasteiger partial charge in [-0.1, -0.05) is 0 Å². The van der Waals surface area contributed by atoms with Gasteiger partial charge < -0.3 is 9.80 Å². The van der Waals surface area contributed by atoms with Crippen LogP contribution in [0.1, 0.15) is 30.1 Å². The second kappa shape index (κ2) is 5.75. The topological polar surface area (TPSA) is 82.2 Å². The normalized spacial score (nSPS) is 16.0. The van der Waals surface area contributed by atoms with Crippen LogP contribution in [0.4, 0.5) is 0 Å². The summed E-state index contributed by atoms with van der Waals surface area (Å²) in [5, 5.41) is 10.5. The first-order chi connectivity index (χ1) is 10.6. The van der Waals surface area contributed by atoms with E-state index in [1.807, 2.05) is 11.9 Å². The van der Waals surface area contributed by atoms with Crippen LogP contribution >= 0.6 is 0 Å². The van der Waals surface area contributed by atoms with Crippen LogP contribution < -0.4 is 0 Å². The van der Waals surface area contributed by atoms with Crippen LogP contribution in [-0.4, -0.2) is 63.2 Å². The van der Waals surface area contributed by atoms with E-state index in [0.29, 0.717) is 24.2 Å². The third-order valence-electron chi connectivity index (χ3n) is 4.36. The second-order valence-corrected chi connectivity index (χ2v) is 5.68. The number of H-pyrrole nitrogens is 1. The molecule has 1 aromatic heterocycles. The molecule has 0 atom stereocenters. The maximum absolute atomic E-state index is 12.6. The fourth-order valence-electron chi connectivity index (χ4n) is 2.87. The molecule has 1 saturated heterocycles. The summed E-state index contributed by atoms with van der Waals surface area (Å²) < 4.78 is 0. The van der Waals surface area contributed by atoms with Crippen molar-refractivity contribution in [3.8, 4) is 0 Å². The molecule has 3 rings (SSSR count). The maximum Gasteiger partial charge on any atom is 0.253 e. The van der Waals surface area contributed by atoms with Crippen LogP contribution in [0, 0.1) is 0 Å². The zero-order valence-electron chi connectivity index (χ0n) is 12.7. The van der Waals surface area contributed by atoms with Gasteiger partial charge in [0.25, 0.3) is 5.91 Å². The van der Waals surface area contributed by atoms with Crippen molar-refractivity contribution in [2.45, 2.75) is 25.8 Å². The summed E-state index contributed by atoms with van der Waals surface area (Å²) in [6.45, 7) is 2.90. The number of aromatic amines is 1. The van der Waals surface area contributed by atoms with Gasteiger partial charge in [0.2, 0.25) is 5.91 Å². The van der Waals surface area contributed by atoms with Crippen LogP contribution in [0.2, 0.25) is 0 Å². The van der Waals surface area contributed by atoms with Gasteiger partial charge in [0, 0.05) is 38.7 Å². The predicted octanol–water partition coefficient (Wildman–Crippen LogP) is 1.04. The van der Waals surface area contributed by atoms with Crippen LogP contribution in [-0.2, 0) is 4.79 Å². The van der Waals surface area contributed by atoms with Gasteiger partial charge in [-0.05, 0) is 31.0 Å². The summed E-state index contributed by atoms with van der Waals surface area (Å²) in [5.74, 6) is 0.0788. The number of rotatable bonds is 2. The number of aromatic nitrogens is 3. The number of carbonyl (C=O) groups is 2. The minimum atomic E-state index is 0.00817. The minimum Gasteiger partial charge on any atom is -0.343 e. The van der Waals surface area contributed by atoms with Gasteiger partial charge in [-0.15, -0.1) is 0 Å². The number of piperidine rings is 1. The van der Waals surface area contributed by atoms with Crippen molar-refractivity contribution < 1.29 is 9.59 Å². The van der Waals surface area contributed by atoms with E-state index in [1.165, 1.54) is 0 Å². The van der Waals surface area contributed by atoms with E-state index >= 15 is 0 Å². The Labute approximate surface area is 128 Å². The number of fused-ring (bicyclic) bond motifs is 1. The average molecular weight is 301 g/mol. The van der Waals surface area contributed by atoms with Gasteiger partial charge in [0.15, 0.2) is 0 Å². The number of benzene rings is 1. The molecule has 1 aliphatic heterocycles. The maximum atomic E-state index is 12.6. The van der Waals surface area contributed by atoms with Crippen molar-refractivity contribution in [1.82, 2.24) is 25.2 Å². The van der Waals surface area contributed by atoms with Crippen molar-refractivity contribution in [2.75, 3.05) is 20.1 Å². The number of likely N-dealkylation sites (tertiary alicyclic amines) is 1. The fourth-order valence-corrected chi connectivity index (χ4v) is 2.87. The molecule has 0 saturated carbocycles. The number of hydrogen-bond donors (Lipinski definition) is 1. The Kier molecular flexibility index (Phi) is 3.79. The van der Waals surface area contributed by atoms with Crippen LogP contribution in [0.15, 0.2) is 18.2 Å². The lowest BCUT2D eigenvalue weighted by Crippen LogP contribution is -2.46. The minimum absolute atomic E-state index is 0.00817. The number of carbonyl (C=O) groups excluding carboxylic acids is 2. The van der Waals surface area contributed by atoms with E-state index in [0.717, 1.165) is 18.4 Å². The Balaban J connectivity index is 1.67. The molecule has 2 amide bonds. The molecular formula is C15H19N5O2. The van der Waals surface area contributed by atoms with Gasteiger partial charge >= 0.3 is 0 Å². The molecule has 7 nitrogen and oxygen atoms in total. The average Bonchev–Trinajstić information content (AvgIpc) is 3.01. The lowest BCUT2D eigenvalue weighted by Gasteiger charge is -2.36. The lowest BCUT2D eigenvalue weighted by molar-refractivity contribution is -0.130. The molecule has 2 aromatic rings. The smallest absolute Gasteiger partial charge is 0.253 e. The molecular weight excluding hydrogens is 282 g/mol. The zero-order valence-corrected chi connectivity index (χ0v) is 12.7. The third kappa shape index (κ3) is 2.66. The van der Waals surface area contributed by atoms with Crippen molar-refractivity contribution in [1.29, 1.82) is 0 Å². The molecule has 0 radical (unpaired) electrons. The standard InChI is InChI=1S/C15H19N5O2/c1-10(21)19(2)12-5-7-20(8-6-12)15(22)11-3-4-13-14(9-11)17-18-16-13/h3-4,9,12H,5-8H2,1-2H3,(H,16,17,18). The summed E-state index contributed by atoms with van der Waals surface area (Å²) in [7, 11) is 1.82. The van der Waals surface area contributed by atoms with Crippen molar-refractivity contribution in [3.05, 3.63) is 23.8 Å². The third-order valence-corrected chi connectivity index (χ3v) is 4.36. The Morgan fingerprint density at radius 2 is 1.91 bits per heavy atom. The summed E-state index contributed by atoms with van der Waals surface area (Å²) in [4.78, 5) is 27.6. The monoisotopic (exact) mass is 301 g/mol. The highest BCUT2D eigenvalue weighted by molar-refractivity contribution is 5.97. The number of hydrogen-bond acceptors (Lipinski definition) is 4. The molecule has 2 heterocycles. The van der Waals surface area contributed by atoms with E-state index in [4.69, 9.17) is 0 Å². The Bertz CT molecular complexity index is 703. The van der Waals surface area contributed by atoms with Crippen molar-refractivity contribution in [2.24, 2.45) is 0 Å². The van der Waals surface area contributed by atoms with Gasteiger partial charge in [0.05, 0.1) is 0 Å². The molecule has 0 spiro atoms. The first-order valence-corrected chi connectivity index (χ1v) is 7.39. The Morgan fingerprint density at radius 3 is 2.59 bits per heavy atom. The highest BCUT2D eigenvalue weighted by atomic mass is 16.2. The van der Waals surface area contributed by atoms with Gasteiger partial charge in [0.1, 0.15) is 11.0 Å². The van der Waals surface area contributed by atoms with Crippen molar-refractivity contribution >= 4 is 22.8 Å². The van der Waals surface area contributed by atoms with E-state index in [2.05, 4.69) is 15.4 Å². The number of nitrogens with one attached hydrogen (secondary N) is 1. The summed E-state index contributed by atoms with van der Waals surface area (Å²) in [6.07, 6.45) is 1.63.